The molecule has 0 amide bonds. The third kappa shape index (κ3) is 3.14. The Hall–Kier alpha value is -0.830. The van der Waals surface area contributed by atoms with E-state index in [-0.39, 0.29) is 16.9 Å². The first-order valence-corrected chi connectivity index (χ1v) is 5.39. The van der Waals surface area contributed by atoms with Gasteiger partial charge in [0.15, 0.2) is 0 Å². The summed E-state index contributed by atoms with van der Waals surface area (Å²) in [6.45, 7) is 3.38. The van der Waals surface area contributed by atoms with E-state index in [1.54, 1.807) is 0 Å². The molecule has 3 heteroatoms. The van der Waals surface area contributed by atoms with E-state index >= 15 is 0 Å². The second-order valence-corrected chi connectivity index (χ2v) is 4.56. The maximum Gasteiger partial charge on any atom is 0.303 e. The molecule has 0 aliphatic heterocycles. The molecule has 0 saturated heterocycles. The van der Waals surface area contributed by atoms with Crippen LogP contribution >= 0.6 is 15.9 Å². The average Bonchev–Trinajstić information content (AvgIpc) is 2.15. The highest BCUT2D eigenvalue weighted by Gasteiger charge is 2.19. The molecule has 0 aliphatic rings. The van der Waals surface area contributed by atoms with Crippen LogP contribution in [0.3, 0.4) is 0 Å². The monoisotopic (exact) mass is 256 g/mol. The summed E-state index contributed by atoms with van der Waals surface area (Å²) in [6, 6.07) is 9.70. The van der Waals surface area contributed by atoms with Gasteiger partial charge >= 0.3 is 5.97 Å². The average molecular weight is 257 g/mol. The Balaban J connectivity index is 2.83. The normalized spacial score (nSPS) is 14.5. The summed E-state index contributed by atoms with van der Waals surface area (Å²) in [5.41, 5.74) is 1.01. The first kappa shape index (κ1) is 11.2. The number of carbonyl (C=O) groups is 1. The van der Waals surface area contributed by atoms with E-state index in [4.69, 9.17) is 4.74 Å². The quantitative estimate of drug-likeness (QED) is 0.614. The van der Waals surface area contributed by atoms with E-state index in [0.29, 0.717) is 0 Å². The summed E-state index contributed by atoms with van der Waals surface area (Å²) < 4.78 is 5.21. The van der Waals surface area contributed by atoms with E-state index in [1.165, 1.54) is 6.92 Å². The molecular weight excluding hydrogens is 244 g/mol. The topological polar surface area (TPSA) is 26.3 Å². The van der Waals surface area contributed by atoms with Crippen LogP contribution in [0.1, 0.15) is 25.5 Å². The summed E-state index contributed by atoms with van der Waals surface area (Å²) in [6.07, 6.45) is -0.214. The lowest BCUT2D eigenvalue weighted by atomic mass is 10.1. The SMILES string of the molecule is CC(=O)O[C@H](c1ccccc1)[C@H](C)Br. The van der Waals surface area contributed by atoms with Crippen LogP contribution < -0.4 is 0 Å². The van der Waals surface area contributed by atoms with Crippen molar-refractivity contribution in [1.82, 2.24) is 0 Å². The molecule has 0 N–H and O–H groups in total. The standard InChI is InChI=1S/C11H13BrO2/c1-8(12)11(14-9(2)13)10-6-4-3-5-7-10/h3-8,11H,1-2H3/t8-,11-/m0/s1. The molecule has 1 rings (SSSR count). The Morgan fingerprint density at radius 3 is 2.36 bits per heavy atom. The van der Waals surface area contributed by atoms with Gasteiger partial charge in [0, 0.05) is 6.92 Å². The van der Waals surface area contributed by atoms with Crippen molar-refractivity contribution in [1.29, 1.82) is 0 Å². The van der Waals surface area contributed by atoms with Gasteiger partial charge in [-0.15, -0.1) is 0 Å². The lowest BCUT2D eigenvalue weighted by Crippen LogP contribution is -2.15. The maximum atomic E-state index is 10.9. The summed E-state index contributed by atoms with van der Waals surface area (Å²) in [5, 5.41) is 0. The number of alkyl halides is 1. The summed E-state index contributed by atoms with van der Waals surface area (Å²) >= 11 is 3.43. The molecule has 0 aliphatic carbocycles. The fraction of sp³-hybridized carbons (Fsp3) is 0.364. The van der Waals surface area contributed by atoms with Gasteiger partial charge in [-0.2, -0.15) is 0 Å². The van der Waals surface area contributed by atoms with Crippen LogP contribution in [0, 0.1) is 0 Å². The first-order chi connectivity index (χ1) is 6.61. The number of halogens is 1. The third-order valence-corrected chi connectivity index (χ3v) is 2.32. The largest absolute Gasteiger partial charge is 0.456 e. The van der Waals surface area contributed by atoms with Crippen molar-refractivity contribution in [3.05, 3.63) is 35.9 Å². The summed E-state index contributed by atoms with van der Waals surface area (Å²) in [5.74, 6) is -0.259. The number of hydrogen-bond acceptors (Lipinski definition) is 2. The zero-order valence-corrected chi connectivity index (χ0v) is 9.82. The van der Waals surface area contributed by atoms with Crippen LogP contribution in [0.15, 0.2) is 30.3 Å². The zero-order valence-electron chi connectivity index (χ0n) is 8.24. The Morgan fingerprint density at radius 2 is 1.93 bits per heavy atom. The number of hydrogen-bond donors (Lipinski definition) is 0. The van der Waals surface area contributed by atoms with Gasteiger partial charge in [-0.05, 0) is 12.5 Å². The predicted octanol–water partition coefficient (Wildman–Crippen LogP) is 3.07. The lowest BCUT2D eigenvalue weighted by Gasteiger charge is -2.19. The van der Waals surface area contributed by atoms with Crippen molar-refractivity contribution < 1.29 is 9.53 Å². The molecule has 0 radical (unpaired) electrons. The molecule has 2 nitrogen and oxygen atoms in total. The van der Waals surface area contributed by atoms with Gasteiger partial charge in [-0.3, -0.25) is 4.79 Å². The van der Waals surface area contributed by atoms with Crippen molar-refractivity contribution in [2.45, 2.75) is 24.8 Å². The second-order valence-electron chi connectivity index (χ2n) is 3.12. The fourth-order valence-electron chi connectivity index (χ4n) is 1.25. The van der Waals surface area contributed by atoms with Gasteiger partial charge < -0.3 is 4.74 Å². The first-order valence-electron chi connectivity index (χ1n) is 4.47. The van der Waals surface area contributed by atoms with Crippen molar-refractivity contribution in [3.63, 3.8) is 0 Å². The van der Waals surface area contributed by atoms with Crippen molar-refractivity contribution >= 4 is 21.9 Å². The maximum absolute atomic E-state index is 10.9. The Labute approximate surface area is 92.4 Å². The minimum absolute atomic E-state index is 0.105. The highest BCUT2D eigenvalue weighted by atomic mass is 79.9. The van der Waals surface area contributed by atoms with Crippen LogP contribution in [0.2, 0.25) is 0 Å². The van der Waals surface area contributed by atoms with Crippen molar-refractivity contribution in [3.8, 4) is 0 Å². The van der Waals surface area contributed by atoms with E-state index < -0.39 is 0 Å². The molecule has 0 heterocycles. The van der Waals surface area contributed by atoms with Crippen molar-refractivity contribution in [2.24, 2.45) is 0 Å². The van der Waals surface area contributed by atoms with Gasteiger partial charge in [-0.1, -0.05) is 46.3 Å². The zero-order chi connectivity index (χ0) is 10.6. The van der Waals surface area contributed by atoms with E-state index in [9.17, 15) is 4.79 Å². The predicted molar refractivity (Wildman–Crippen MR) is 59.3 cm³/mol. The smallest absolute Gasteiger partial charge is 0.303 e. The van der Waals surface area contributed by atoms with Gasteiger partial charge in [0.05, 0.1) is 4.83 Å². The van der Waals surface area contributed by atoms with Crippen LogP contribution in [-0.4, -0.2) is 10.8 Å². The fourth-order valence-corrected chi connectivity index (χ4v) is 1.66. The molecule has 0 aromatic heterocycles. The highest BCUT2D eigenvalue weighted by molar-refractivity contribution is 9.09. The highest BCUT2D eigenvalue weighted by Crippen LogP contribution is 2.25. The number of carbonyl (C=O) groups excluding carboxylic acids is 1. The van der Waals surface area contributed by atoms with Crippen LogP contribution in [0.5, 0.6) is 0 Å². The molecule has 0 unspecified atom stereocenters. The van der Waals surface area contributed by atoms with Gasteiger partial charge in [0.1, 0.15) is 6.10 Å². The number of benzene rings is 1. The molecule has 2 atom stereocenters. The van der Waals surface area contributed by atoms with Crippen LogP contribution in [0.25, 0.3) is 0 Å². The van der Waals surface area contributed by atoms with Gasteiger partial charge in [0.25, 0.3) is 0 Å². The lowest BCUT2D eigenvalue weighted by molar-refractivity contribution is -0.146. The molecule has 0 bridgehead atoms. The van der Waals surface area contributed by atoms with Crippen LogP contribution in [0.4, 0.5) is 0 Å². The minimum atomic E-state index is -0.259. The minimum Gasteiger partial charge on any atom is -0.456 e. The van der Waals surface area contributed by atoms with E-state index in [0.717, 1.165) is 5.56 Å². The number of rotatable bonds is 3. The van der Waals surface area contributed by atoms with Crippen LogP contribution in [-0.2, 0) is 9.53 Å². The Bertz CT molecular complexity index is 295. The summed E-state index contributed by atoms with van der Waals surface area (Å²) in [4.78, 5) is 11.0. The van der Waals surface area contributed by atoms with E-state index in [2.05, 4.69) is 15.9 Å². The number of ether oxygens (including phenoxy) is 1. The summed E-state index contributed by atoms with van der Waals surface area (Å²) in [7, 11) is 0. The molecule has 0 spiro atoms. The molecule has 1 aromatic carbocycles. The molecule has 1 aromatic rings. The third-order valence-electron chi connectivity index (χ3n) is 1.84. The van der Waals surface area contributed by atoms with Gasteiger partial charge in [0.2, 0.25) is 0 Å². The number of esters is 1. The Morgan fingerprint density at radius 1 is 1.36 bits per heavy atom. The van der Waals surface area contributed by atoms with E-state index in [1.807, 2.05) is 37.3 Å². The second kappa shape index (κ2) is 5.15. The molecular formula is C11H13BrO2. The molecule has 76 valence electrons. The van der Waals surface area contributed by atoms with Crippen molar-refractivity contribution in [2.75, 3.05) is 0 Å². The molecule has 14 heavy (non-hydrogen) atoms. The molecule has 0 saturated carbocycles. The van der Waals surface area contributed by atoms with Gasteiger partial charge in [-0.25, -0.2) is 0 Å². The molecule has 0 fully saturated rings. The Kier molecular flexibility index (Phi) is 4.14.